The summed E-state index contributed by atoms with van der Waals surface area (Å²) in [5.74, 6) is 5.36. The van der Waals surface area contributed by atoms with Gasteiger partial charge >= 0.3 is 0 Å². The molecule has 116 valence electrons. The number of nitro benzene ring substituents is 1. The third kappa shape index (κ3) is 3.90. The van der Waals surface area contributed by atoms with Crippen molar-refractivity contribution in [3.63, 3.8) is 0 Å². The Morgan fingerprint density at radius 1 is 1.43 bits per heavy atom. The van der Waals surface area contributed by atoms with Crippen molar-refractivity contribution in [3.05, 3.63) is 33.9 Å². The van der Waals surface area contributed by atoms with Gasteiger partial charge in [-0.05, 0) is 24.5 Å². The van der Waals surface area contributed by atoms with Crippen molar-refractivity contribution in [1.82, 2.24) is 4.90 Å². The molecule has 0 atom stereocenters. The minimum atomic E-state index is -0.457. The van der Waals surface area contributed by atoms with E-state index in [0.717, 1.165) is 18.4 Å². The van der Waals surface area contributed by atoms with E-state index in [-0.39, 0.29) is 12.3 Å². The molecule has 1 aromatic rings. The van der Waals surface area contributed by atoms with Crippen LogP contribution in [-0.2, 0) is 6.54 Å². The van der Waals surface area contributed by atoms with Gasteiger partial charge in [0.1, 0.15) is 5.69 Å². The van der Waals surface area contributed by atoms with Gasteiger partial charge in [0, 0.05) is 25.2 Å². The Hall–Kier alpha value is -1.70. The monoisotopic (exact) mass is 294 g/mol. The van der Waals surface area contributed by atoms with Crippen LogP contribution in [0.2, 0.25) is 0 Å². The summed E-state index contributed by atoms with van der Waals surface area (Å²) in [5, 5.41) is 20.1. The summed E-state index contributed by atoms with van der Waals surface area (Å²) >= 11 is 0. The van der Waals surface area contributed by atoms with Crippen molar-refractivity contribution in [2.45, 2.75) is 38.3 Å². The Kier molecular flexibility index (Phi) is 5.49. The lowest BCUT2D eigenvalue weighted by Crippen LogP contribution is -2.35. The predicted molar refractivity (Wildman–Crippen MR) is 80.7 cm³/mol. The van der Waals surface area contributed by atoms with Gasteiger partial charge in [-0.25, -0.2) is 0 Å². The second-order valence-corrected chi connectivity index (χ2v) is 5.39. The average Bonchev–Trinajstić information content (AvgIpc) is 3.00. The topological polar surface area (TPSA) is 105 Å². The predicted octanol–water partition coefficient (Wildman–Crippen LogP) is 1.62. The van der Waals surface area contributed by atoms with Gasteiger partial charge in [-0.3, -0.25) is 20.9 Å². The highest BCUT2D eigenvalue weighted by atomic mass is 16.6. The Labute approximate surface area is 123 Å². The molecule has 7 nitrogen and oxygen atoms in total. The lowest BCUT2D eigenvalue weighted by Gasteiger charge is -2.28. The van der Waals surface area contributed by atoms with Crippen molar-refractivity contribution in [2.75, 3.05) is 18.6 Å². The molecule has 21 heavy (non-hydrogen) atoms. The Bertz CT molecular complexity index is 489. The molecule has 1 aliphatic rings. The van der Waals surface area contributed by atoms with Gasteiger partial charge < -0.3 is 10.5 Å². The van der Waals surface area contributed by atoms with Crippen molar-refractivity contribution in [2.24, 2.45) is 5.84 Å². The van der Waals surface area contributed by atoms with Gasteiger partial charge in [0.2, 0.25) is 0 Å². The lowest BCUT2D eigenvalue weighted by atomic mass is 10.1. The fourth-order valence-corrected chi connectivity index (χ4v) is 2.98. The van der Waals surface area contributed by atoms with E-state index in [2.05, 4.69) is 10.3 Å². The fourth-order valence-electron chi connectivity index (χ4n) is 2.98. The first-order valence-electron chi connectivity index (χ1n) is 7.24. The molecule has 1 aromatic carbocycles. The number of nitrogens with zero attached hydrogens (tertiary/aromatic N) is 2. The molecule has 4 N–H and O–H groups in total. The number of nitrogens with two attached hydrogens (primary N) is 1. The molecule has 0 bridgehead atoms. The molecule has 7 heteroatoms. The van der Waals surface area contributed by atoms with E-state index in [0.29, 0.717) is 24.8 Å². The first-order chi connectivity index (χ1) is 10.2. The molecule has 1 fully saturated rings. The molecular weight excluding hydrogens is 272 g/mol. The van der Waals surface area contributed by atoms with Gasteiger partial charge in [-0.2, -0.15) is 0 Å². The molecule has 0 spiro atoms. The molecule has 2 rings (SSSR count). The standard InChI is InChI=1S/C14H22N4O3/c15-16-13-9-11(5-6-14(13)18(20)21)10-17(7-8-19)12-3-1-2-4-12/h5-6,9,12,16,19H,1-4,7-8,10,15H2. The number of nitrogen functional groups attached to an aromatic ring is 1. The molecule has 0 amide bonds. The molecule has 1 saturated carbocycles. The van der Waals surface area contributed by atoms with Gasteiger partial charge in [-0.15, -0.1) is 0 Å². The molecule has 0 unspecified atom stereocenters. The van der Waals surface area contributed by atoms with Crippen LogP contribution < -0.4 is 11.3 Å². The lowest BCUT2D eigenvalue weighted by molar-refractivity contribution is -0.384. The van der Waals surface area contributed by atoms with Gasteiger partial charge in [0.05, 0.1) is 11.5 Å². The summed E-state index contributed by atoms with van der Waals surface area (Å²) in [6.45, 7) is 1.40. The summed E-state index contributed by atoms with van der Waals surface area (Å²) in [6.07, 6.45) is 4.74. The first-order valence-corrected chi connectivity index (χ1v) is 7.24. The second-order valence-electron chi connectivity index (χ2n) is 5.39. The van der Waals surface area contributed by atoms with E-state index >= 15 is 0 Å². The van der Waals surface area contributed by atoms with Crippen molar-refractivity contribution >= 4 is 11.4 Å². The quantitative estimate of drug-likeness (QED) is 0.401. The minimum absolute atomic E-state index is 0.0316. The van der Waals surface area contributed by atoms with E-state index in [1.54, 1.807) is 12.1 Å². The van der Waals surface area contributed by atoms with E-state index < -0.39 is 4.92 Å². The largest absolute Gasteiger partial charge is 0.395 e. The third-order valence-electron chi connectivity index (χ3n) is 4.03. The van der Waals surface area contributed by atoms with Crippen molar-refractivity contribution in [3.8, 4) is 0 Å². The van der Waals surface area contributed by atoms with E-state index in [9.17, 15) is 15.2 Å². The Morgan fingerprint density at radius 2 is 2.14 bits per heavy atom. The summed E-state index contributed by atoms with van der Waals surface area (Å²) in [5.41, 5.74) is 3.62. The maximum absolute atomic E-state index is 10.9. The van der Waals surface area contributed by atoms with E-state index in [1.165, 1.54) is 18.9 Å². The highest BCUT2D eigenvalue weighted by Gasteiger charge is 2.23. The molecule has 0 saturated heterocycles. The van der Waals surface area contributed by atoms with Crippen LogP contribution in [0.15, 0.2) is 18.2 Å². The van der Waals surface area contributed by atoms with Crippen molar-refractivity contribution in [1.29, 1.82) is 0 Å². The van der Waals surface area contributed by atoms with Crippen LogP contribution in [0.4, 0.5) is 11.4 Å². The zero-order valence-corrected chi connectivity index (χ0v) is 12.0. The molecule has 1 aliphatic carbocycles. The Balaban J connectivity index is 2.14. The number of rotatable bonds is 7. The number of hydrazine groups is 1. The number of benzene rings is 1. The maximum atomic E-state index is 10.9. The van der Waals surface area contributed by atoms with Crippen LogP contribution in [0.1, 0.15) is 31.2 Å². The highest BCUT2D eigenvalue weighted by molar-refractivity contribution is 5.62. The summed E-state index contributed by atoms with van der Waals surface area (Å²) in [7, 11) is 0. The molecular formula is C14H22N4O3. The van der Waals surface area contributed by atoms with Crippen LogP contribution >= 0.6 is 0 Å². The molecule has 0 radical (unpaired) electrons. The Morgan fingerprint density at radius 3 is 2.71 bits per heavy atom. The van der Waals surface area contributed by atoms with E-state index in [4.69, 9.17) is 5.84 Å². The van der Waals surface area contributed by atoms with Gasteiger partial charge in [0.15, 0.2) is 0 Å². The molecule has 0 aromatic heterocycles. The van der Waals surface area contributed by atoms with Gasteiger partial charge in [0.25, 0.3) is 5.69 Å². The maximum Gasteiger partial charge on any atom is 0.293 e. The average molecular weight is 294 g/mol. The number of hydrogen-bond donors (Lipinski definition) is 3. The minimum Gasteiger partial charge on any atom is -0.395 e. The normalized spacial score (nSPS) is 15.6. The number of nitro groups is 1. The number of nitrogens with one attached hydrogen (secondary N) is 1. The zero-order valence-electron chi connectivity index (χ0n) is 12.0. The molecule has 0 heterocycles. The zero-order chi connectivity index (χ0) is 15.2. The van der Waals surface area contributed by atoms with Crippen LogP contribution in [-0.4, -0.2) is 34.1 Å². The van der Waals surface area contributed by atoms with Crippen LogP contribution in [0.25, 0.3) is 0 Å². The smallest absolute Gasteiger partial charge is 0.293 e. The fraction of sp³-hybridized carbons (Fsp3) is 0.571. The number of aliphatic hydroxyl groups is 1. The SMILES string of the molecule is NNc1cc(CN(CCO)C2CCCC2)ccc1[N+](=O)[O-]. The van der Waals surface area contributed by atoms with Crippen LogP contribution in [0.3, 0.4) is 0 Å². The first kappa shape index (κ1) is 15.7. The van der Waals surface area contributed by atoms with E-state index in [1.807, 2.05) is 0 Å². The molecule has 0 aliphatic heterocycles. The van der Waals surface area contributed by atoms with Crippen LogP contribution in [0.5, 0.6) is 0 Å². The summed E-state index contributed by atoms with van der Waals surface area (Å²) in [6, 6.07) is 5.41. The van der Waals surface area contributed by atoms with Gasteiger partial charge in [-0.1, -0.05) is 18.9 Å². The highest BCUT2D eigenvalue weighted by Crippen LogP contribution is 2.28. The number of aliphatic hydroxyl groups excluding tert-OH is 1. The van der Waals surface area contributed by atoms with Crippen LogP contribution in [0, 0.1) is 10.1 Å². The number of hydrogen-bond acceptors (Lipinski definition) is 6. The number of anilines is 1. The summed E-state index contributed by atoms with van der Waals surface area (Å²) in [4.78, 5) is 12.7. The summed E-state index contributed by atoms with van der Waals surface area (Å²) < 4.78 is 0. The second kappa shape index (κ2) is 7.35. The van der Waals surface area contributed by atoms with Crippen molar-refractivity contribution < 1.29 is 10.0 Å². The third-order valence-corrected chi connectivity index (χ3v) is 4.03.